The van der Waals surface area contributed by atoms with Crippen molar-refractivity contribution in [2.24, 2.45) is 0 Å². The van der Waals surface area contributed by atoms with Gasteiger partial charge in [-0.15, -0.1) is 0 Å². The van der Waals surface area contributed by atoms with E-state index in [0.29, 0.717) is 26.3 Å². The number of morpholine rings is 1. The molecular formula is C24H34N6O2. The van der Waals surface area contributed by atoms with Gasteiger partial charge in [-0.25, -0.2) is 9.78 Å². The Bertz CT molecular complexity index is 926. The lowest BCUT2D eigenvalue weighted by molar-refractivity contribution is 0.122. The van der Waals surface area contributed by atoms with Gasteiger partial charge in [0, 0.05) is 56.7 Å². The van der Waals surface area contributed by atoms with Gasteiger partial charge < -0.3 is 24.8 Å². The molecule has 0 bridgehead atoms. The first-order valence-electron chi connectivity index (χ1n) is 11.4. The zero-order valence-corrected chi connectivity index (χ0v) is 19.6. The van der Waals surface area contributed by atoms with Crippen LogP contribution in [-0.4, -0.2) is 73.4 Å². The van der Waals surface area contributed by atoms with Gasteiger partial charge in [0.05, 0.1) is 13.2 Å². The second-order valence-corrected chi connectivity index (χ2v) is 9.50. The first kappa shape index (κ1) is 22.3. The molecular weight excluding hydrogens is 404 g/mol. The molecule has 8 nitrogen and oxygen atoms in total. The Hall–Kier alpha value is -2.87. The maximum Gasteiger partial charge on any atom is 0.321 e. The summed E-state index contributed by atoms with van der Waals surface area (Å²) in [6, 6.07) is 10.1. The number of amides is 2. The predicted molar refractivity (Wildman–Crippen MR) is 128 cm³/mol. The molecule has 0 radical (unpaired) electrons. The van der Waals surface area contributed by atoms with Crippen molar-refractivity contribution in [2.45, 2.75) is 33.1 Å². The quantitative estimate of drug-likeness (QED) is 0.793. The second-order valence-electron chi connectivity index (χ2n) is 9.50. The van der Waals surface area contributed by atoms with Gasteiger partial charge in [-0.2, -0.15) is 4.98 Å². The molecule has 4 rings (SSSR count). The van der Waals surface area contributed by atoms with Crippen molar-refractivity contribution in [1.82, 2.24) is 14.9 Å². The third-order valence-electron chi connectivity index (χ3n) is 6.02. The van der Waals surface area contributed by atoms with E-state index < -0.39 is 0 Å². The van der Waals surface area contributed by atoms with Crippen LogP contribution < -0.4 is 15.1 Å². The maximum atomic E-state index is 12.8. The molecule has 2 amide bonds. The number of carbonyl (C=O) groups is 1. The van der Waals surface area contributed by atoms with Crippen LogP contribution in [0.4, 0.5) is 22.2 Å². The Morgan fingerprint density at radius 3 is 2.22 bits per heavy atom. The summed E-state index contributed by atoms with van der Waals surface area (Å²) in [7, 11) is 0. The Labute approximate surface area is 190 Å². The van der Waals surface area contributed by atoms with Crippen LogP contribution in [0.5, 0.6) is 0 Å². The number of hydrogen-bond donors (Lipinski definition) is 1. The van der Waals surface area contributed by atoms with Gasteiger partial charge in [0.1, 0.15) is 5.82 Å². The number of ether oxygens (including phenoxy) is 1. The molecule has 1 aromatic heterocycles. The molecule has 2 saturated heterocycles. The van der Waals surface area contributed by atoms with E-state index in [1.807, 2.05) is 30.0 Å². The molecule has 8 heteroatoms. The standard InChI is InChI=1S/C24H34N6O2/c1-18-17-21(27-22(25-18)29-13-15-32-16-14-29)28-9-11-30(12-10-28)23(31)26-20-7-5-19(6-8-20)24(2,3)4/h5-8,17H,9-16H2,1-4H3,(H,26,31). The minimum absolute atomic E-state index is 0.0546. The average Bonchev–Trinajstić information content (AvgIpc) is 2.79. The molecule has 0 saturated carbocycles. The van der Waals surface area contributed by atoms with E-state index in [1.54, 1.807) is 0 Å². The summed E-state index contributed by atoms with van der Waals surface area (Å²) in [5.41, 5.74) is 3.13. The Kier molecular flexibility index (Phi) is 6.50. The molecule has 2 aromatic rings. The monoisotopic (exact) mass is 438 g/mol. The van der Waals surface area contributed by atoms with Crippen LogP contribution in [-0.2, 0) is 10.2 Å². The highest BCUT2D eigenvalue weighted by atomic mass is 16.5. The summed E-state index contributed by atoms with van der Waals surface area (Å²) in [5, 5.41) is 3.03. The molecule has 32 heavy (non-hydrogen) atoms. The summed E-state index contributed by atoms with van der Waals surface area (Å²) in [5.74, 6) is 1.69. The van der Waals surface area contributed by atoms with Gasteiger partial charge in [0.2, 0.25) is 5.95 Å². The van der Waals surface area contributed by atoms with Gasteiger partial charge in [0.15, 0.2) is 0 Å². The molecule has 1 aromatic carbocycles. The van der Waals surface area contributed by atoms with Crippen molar-refractivity contribution in [1.29, 1.82) is 0 Å². The van der Waals surface area contributed by atoms with Crippen molar-refractivity contribution in [3.05, 3.63) is 41.6 Å². The molecule has 0 aliphatic carbocycles. The number of nitrogens with zero attached hydrogens (tertiary/aromatic N) is 5. The smallest absolute Gasteiger partial charge is 0.321 e. The number of piperazine rings is 1. The number of nitrogens with one attached hydrogen (secondary N) is 1. The number of anilines is 3. The number of urea groups is 1. The third-order valence-corrected chi connectivity index (χ3v) is 6.02. The normalized spacial score (nSPS) is 17.4. The van der Waals surface area contributed by atoms with E-state index in [1.165, 1.54) is 5.56 Å². The summed E-state index contributed by atoms with van der Waals surface area (Å²) in [6.07, 6.45) is 0. The molecule has 2 fully saturated rings. The van der Waals surface area contributed by atoms with Crippen molar-refractivity contribution < 1.29 is 9.53 Å². The highest BCUT2D eigenvalue weighted by molar-refractivity contribution is 5.89. The SMILES string of the molecule is Cc1cc(N2CCN(C(=O)Nc3ccc(C(C)(C)C)cc3)CC2)nc(N2CCOCC2)n1. The first-order valence-corrected chi connectivity index (χ1v) is 11.4. The lowest BCUT2D eigenvalue weighted by atomic mass is 9.87. The topological polar surface area (TPSA) is 73.8 Å². The summed E-state index contributed by atoms with van der Waals surface area (Å²) in [4.78, 5) is 28.5. The van der Waals surface area contributed by atoms with Crippen molar-refractivity contribution in [3.63, 3.8) is 0 Å². The van der Waals surface area contributed by atoms with E-state index in [-0.39, 0.29) is 11.4 Å². The molecule has 0 atom stereocenters. The largest absolute Gasteiger partial charge is 0.378 e. The highest BCUT2D eigenvalue weighted by Crippen LogP contribution is 2.24. The fraction of sp³-hybridized carbons (Fsp3) is 0.542. The zero-order valence-electron chi connectivity index (χ0n) is 19.6. The Morgan fingerprint density at radius 1 is 0.938 bits per heavy atom. The predicted octanol–water partition coefficient (Wildman–Crippen LogP) is 3.27. The molecule has 3 heterocycles. The van der Waals surface area contributed by atoms with Crippen LogP contribution in [0.2, 0.25) is 0 Å². The van der Waals surface area contributed by atoms with Crippen LogP contribution in [0.1, 0.15) is 32.0 Å². The van der Waals surface area contributed by atoms with E-state index in [4.69, 9.17) is 9.72 Å². The zero-order chi connectivity index (χ0) is 22.7. The van der Waals surface area contributed by atoms with Crippen LogP contribution in [0, 0.1) is 6.92 Å². The molecule has 172 valence electrons. The van der Waals surface area contributed by atoms with Gasteiger partial charge >= 0.3 is 6.03 Å². The first-order chi connectivity index (χ1) is 15.3. The van der Waals surface area contributed by atoms with Gasteiger partial charge in [-0.1, -0.05) is 32.9 Å². The molecule has 2 aliphatic heterocycles. The fourth-order valence-electron chi connectivity index (χ4n) is 4.00. The number of benzene rings is 1. The maximum absolute atomic E-state index is 12.8. The number of aryl methyl sites for hydroxylation is 1. The van der Waals surface area contributed by atoms with Crippen LogP contribution in [0.3, 0.4) is 0 Å². The third kappa shape index (κ3) is 5.30. The van der Waals surface area contributed by atoms with Gasteiger partial charge in [0.25, 0.3) is 0 Å². The summed E-state index contributed by atoms with van der Waals surface area (Å²) < 4.78 is 5.44. The fourth-order valence-corrected chi connectivity index (χ4v) is 4.00. The number of rotatable bonds is 3. The second kappa shape index (κ2) is 9.32. The van der Waals surface area contributed by atoms with Crippen LogP contribution >= 0.6 is 0 Å². The van der Waals surface area contributed by atoms with E-state index in [9.17, 15) is 4.79 Å². The van der Waals surface area contributed by atoms with Crippen LogP contribution in [0.25, 0.3) is 0 Å². The minimum atomic E-state index is -0.0546. The number of hydrogen-bond acceptors (Lipinski definition) is 6. The number of aromatic nitrogens is 2. The summed E-state index contributed by atoms with van der Waals surface area (Å²) in [6.45, 7) is 14.4. The van der Waals surface area contributed by atoms with Crippen molar-refractivity contribution in [2.75, 3.05) is 67.6 Å². The van der Waals surface area contributed by atoms with E-state index in [0.717, 1.165) is 49.3 Å². The Morgan fingerprint density at radius 2 is 1.59 bits per heavy atom. The van der Waals surface area contributed by atoms with Gasteiger partial charge in [-0.05, 0) is 30.0 Å². The lowest BCUT2D eigenvalue weighted by Gasteiger charge is -2.36. The molecule has 1 N–H and O–H groups in total. The van der Waals surface area contributed by atoms with Crippen molar-refractivity contribution >= 4 is 23.5 Å². The Balaban J connectivity index is 1.34. The van der Waals surface area contributed by atoms with Gasteiger partial charge in [-0.3, -0.25) is 0 Å². The minimum Gasteiger partial charge on any atom is -0.378 e. The molecule has 0 unspecified atom stereocenters. The van der Waals surface area contributed by atoms with Crippen molar-refractivity contribution in [3.8, 4) is 0 Å². The highest BCUT2D eigenvalue weighted by Gasteiger charge is 2.24. The lowest BCUT2D eigenvalue weighted by Crippen LogP contribution is -2.50. The summed E-state index contributed by atoms with van der Waals surface area (Å²) >= 11 is 0. The van der Waals surface area contributed by atoms with E-state index in [2.05, 4.69) is 53.0 Å². The van der Waals surface area contributed by atoms with Crippen LogP contribution in [0.15, 0.2) is 30.3 Å². The number of carbonyl (C=O) groups excluding carboxylic acids is 1. The average molecular weight is 439 g/mol. The van der Waals surface area contributed by atoms with E-state index >= 15 is 0 Å². The molecule has 2 aliphatic rings. The molecule has 0 spiro atoms.